The molecule has 0 aliphatic carbocycles. The Balaban J connectivity index is 1.53. The average molecular weight is 406 g/mol. The molecule has 0 atom stereocenters. The minimum Gasteiger partial charge on any atom is -0.454 e. The predicted molar refractivity (Wildman–Crippen MR) is 123 cm³/mol. The van der Waals surface area contributed by atoms with Crippen LogP contribution in [0.25, 0.3) is 33.1 Å². The van der Waals surface area contributed by atoms with E-state index in [0.717, 1.165) is 38.7 Å². The number of benzene rings is 4. The summed E-state index contributed by atoms with van der Waals surface area (Å²) in [5.41, 5.74) is 9.35. The Kier molecular flexibility index (Phi) is 3.89. The fourth-order valence-corrected chi connectivity index (χ4v) is 3.89. The zero-order valence-corrected chi connectivity index (χ0v) is 16.5. The molecule has 0 radical (unpaired) electrons. The molecule has 0 saturated heterocycles. The van der Waals surface area contributed by atoms with E-state index in [0.29, 0.717) is 23.1 Å². The van der Waals surface area contributed by atoms with E-state index in [1.807, 2.05) is 60.7 Å². The Morgan fingerprint density at radius 2 is 1.65 bits per heavy atom. The van der Waals surface area contributed by atoms with Crippen LogP contribution in [0.3, 0.4) is 0 Å². The third kappa shape index (κ3) is 3.05. The molecule has 0 saturated carbocycles. The summed E-state index contributed by atoms with van der Waals surface area (Å²) < 4.78 is 10.9. The molecule has 31 heavy (non-hydrogen) atoms. The van der Waals surface area contributed by atoms with Crippen LogP contribution in [-0.4, -0.2) is 16.8 Å². The lowest BCUT2D eigenvalue weighted by Gasteiger charge is -2.13. The number of nitrogens with two attached hydrogens (primary N) is 1. The van der Waals surface area contributed by atoms with Gasteiger partial charge in [-0.25, -0.2) is 9.97 Å². The predicted octanol–water partition coefficient (Wildman–Crippen LogP) is 5.50. The summed E-state index contributed by atoms with van der Waals surface area (Å²) in [5.74, 6) is 2.77. The molecule has 2 heterocycles. The van der Waals surface area contributed by atoms with Crippen LogP contribution in [0.15, 0.2) is 78.9 Å². The summed E-state index contributed by atoms with van der Waals surface area (Å²) >= 11 is 0. The third-order valence-corrected chi connectivity index (χ3v) is 5.39. The van der Waals surface area contributed by atoms with Crippen molar-refractivity contribution >= 4 is 38.9 Å². The maximum absolute atomic E-state index is 6.06. The van der Waals surface area contributed by atoms with Gasteiger partial charge in [0.25, 0.3) is 0 Å². The van der Waals surface area contributed by atoms with Crippen molar-refractivity contribution in [3.63, 3.8) is 0 Å². The highest BCUT2D eigenvalue weighted by Gasteiger charge is 2.16. The van der Waals surface area contributed by atoms with Gasteiger partial charge < -0.3 is 20.5 Å². The van der Waals surface area contributed by atoms with E-state index in [-0.39, 0.29) is 6.79 Å². The highest BCUT2D eigenvalue weighted by atomic mass is 16.7. The molecule has 150 valence electrons. The second-order valence-electron chi connectivity index (χ2n) is 7.39. The number of hydrogen-bond donors (Lipinski definition) is 2. The van der Waals surface area contributed by atoms with Gasteiger partial charge in [-0.05, 0) is 41.1 Å². The molecule has 1 aliphatic rings. The number of anilines is 3. The van der Waals surface area contributed by atoms with Crippen LogP contribution in [-0.2, 0) is 0 Å². The van der Waals surface area contributed by atoms with Crippen molar-refractivity contribution < 1.29 is 9.47 Å². The van der Waals surface area contributed by atoms with Crippen molar-refractivity contribution in [2.75, 3.05) is 17.8 Å². The molecule has 0 bridgehead atoms. The van der Waals surface area contributed by atoms with E-state index >= 15 is 0 Å². The Bertz CT molecular complexity index is 1460. The molecule has 6 nitrogen and oxygen atoms in total. The molecule has 0 amide bonds. The standard InChI is InChI=1S/C25H18N4O2/c26-16-8-10-21-20(12-16)25(27-17-9-11-22-23(13-17)31-14-30-22)29-24(28-21)19-7-3-5-15-4-1-2-6-18(15)19/h1-13H,14,26H2,(H,27,28,29). The number of hydrogen-bond acceptors (Lipinski definition) is 6. The van der Waals surface area contributed by atoms with Gasteiger partial charge in [0.2, 0.25) is 6.79 Å². The summed E-state index contributed by atoms with van der Waals surface area (Å²) in [6.45, 7) is 0.233. The van der Waals surface area contributed by atoms with Crippen molar-refractivity contribution in [1.82, 2.24) is 9.97 Å². The molecule has 6 heteroatoms. The van der Waals surface area contributed by atoms with Gasteiger partial charge in [0.15, 0.2) is 17.3 Å². The molecule has 0 fully saturated rings. The number of aromatic nitrogens is 2. The summed E-state index contributed by atoms with van der Waals surface area (Å²) in [5, 5.41) is 6.52. The van der Waals surface area contributed by atoms with Crippen molar-refractivity contribution in [2.45, 2.75) is 0 Å². The van der Waals surface area contributed by atoms with Gasteiger partial charge in [-0.3, -0.25) is 0 Å². The molecule has 5 aromatic rings. The van der Waals surface area contributed by atoms with E-state index in [9.17, 15) is 0 Å². The topological polar surface area (TPSA) is 82.3 Å². The van der Waals surface area contributed by atoms with E-state index in [1.54, 1.807) is 0 Å². The average Bonchev–Trinajstić information content (AvgIpc) is 3.27. The number of fused-ring (bicyclic) bond motifs is 3. The SMILES string of the molecule is Nc1ccc2nc(-c3cccc4ccccc34)nc(Nc3ccc4c(c3)OCO4)c2c1. The minimum atomic E-state index is 0.233. The van der Waals surface area contributed by atoms with Gasteiger partial charge in [0, 0.05) is 28.4 Å². The molecule has 0 unspecified atom stereocenters. The first kappa shape index (κ1) is 17.5. The van der Waals surface area contributed by atoms with Crippen molar-refractivity contribution in [3.8, 4) is 22.9 Å². The summed E-state index contributed by atoms with van der Waals surface area (Å²) in [7, 11) is 0. The van der Waals surface area contributed by atoms with Crippen molar-refractivity contribution in [2.24, 2.45) is 0 Å². The lowest BCUT2D eigenvalue weighted by molar-refractivity contribution is 0.174. The van der Waals surface area contributed by atoms with Crippen molar-refractivity contribution in [3.05, 3.63) is 78.9 Å². The zero-order valence-electron chi connectivity index (χ0n) is 16.5. The van der Waals surface area contributed by atoms with Crippen LogP contribution >= 0.6 is 0 Å². The molecule has 1 aromatic heterocycles. The summed E-state index contributed by atoms with van der Waals surface area (Å²) in [6, 6.07) is 25.8. The Labute approximate surface area is 178 Å². The maximum atomic E-state index is 6.06. The Hall–Kier alpha value is -4.32. The fourth-order valence-electron chi connectivity index (χ4n) is 3.89. The zero-order chi connectivity index (χ0) is 20.8. The van der Waals surface area contributed by atoms with Crippen LogP contribution in [0.5, 0.6) is 11.5 Å². The van der Waals surface area contributed by atoms with Crippen LogP contribution in [0.4, 0.5) is 17.2 Å². The molecular weight excluding hydrogens is 388 g/mol. The molecule has 4 aromatic carbocycles. The van der Waals surface area contributed by atoms with Crippen LogP contribution < -0.4 is 20.5 Å². The largest absolute Gasteiger partial charge is 0.454 e. The monoisotopic (exact) mass is 406 g/mol. The van der Waals surface area contributed by atoms with E-state index < -0.39 is 0 Å². The second kappa shape index (κ2) is 6.88. The number of nitrogens with zero attached hydrogens (tertiary/aromatic N) is 2. The number of rotatable bonds is 3. The fraction of sp³-hybridized carbons (Fsp3) is 0.0400. The van der Waals surface area contributed by atoms with Gasteiger partial charge in [-0.2, -0.15) is 0 Å². The van der Waals surface area contributed by atoms with Gasteiger partial charge in [-0.1, -0.05) is 42.5 Å². The third-order valence-electron chi connectivity index (χ3n) is 5.39. The summed E-state index contributed by atoms with van der Waals surface area (Å²) in [4.78, 5) is 9.75. The highest BCUT2D eigenvalue weighted by molar-refractivity contribution is 5.98. The first-order chi connectivity index (χ1) is 15.2. The van der Waals surface area contributed by atoms with Crippen LogP contribution in [0.1, 0.15) is 0 Å². The first-order valence-corrected chi connectivity index (χ1v) is 9.97. The number of nitrogen functional groups attached to an aromatic ring is 1. The highest BCUT2D eigenvalue weighted by Crippen LogP contribution is 2.36. The number of ether oxygens (including phenoxy) is 2. The number of nitrogens with one attached hydrogen (secondary N) is 1. The Morgan fingerprint density at radius 3 is 2.61 bits per heavy atom. The molecule has 6 rings (SSSR count). The Morgan fingerprint density at radius 1 is 0.774 bits per heavy atom. The van der Waals surface area contributed by atoms with Gasteiger partial charge in [-0.15, -0.1) is 0 Å². The smallest absolute Gasteiger partial charge is 0.231 e. The van der Waals surface area contributed by atoms with E-state index in [2.05, 4.69) is 23.5 Å². The summed E-state index contributed by atoms with van der Waals surface area (Å²) in [6.07, 6.45) is 0. The lowest BCUT2D eigenvalue weighted by Crippen LogP contribution is -2.00. The molecule has 0 spiro atoms. The normalized spacial score (nSPS) is 12.4. The first-order valence-electron chi connectivity index (χ1n) is 9.97. The van der Waals surface area contributed by atoms with E-state index in [1.165, 1.54) is 0 Å². The van der Waals surface area contributed by atoms with Gasteiger partial charge in [0.1, 0.15) is 5.82 Å². The second-order valence-corrected chi connectivity index (χ2v) is 7.39. The molecule has 3 N–H and O–H groups in total. The molecule has 1 aliphatic heterocycles. The van der Waals surface area contributed by atoms with Crippen molar-refractivity contribution in [1.29, 1.82) is 0 Å². The van der Waals surface area contributed by atoms with Gasteiger partial charge in [0.05, 0.1) is 5.52 Å². The quantitative estimate of drug-likeness (QED) is 0.385. The van der Waals surface area contributed by atoms with Crippen LogP contribution in [0, 0.1) is 0 Å². The van der Waals surface area contributed by atoms with E-state index in [4.69, 9.17) is 25.2 Å². The lowest BCUT2D eigenvalue weighted by atomic mass is 10.0. The van der Waals surface area contributed by atoms with Crippen LogP contribution in [0.2, 0.25) is 0 Å². The molecular formula is C25H18N4O2. The van der Waals surface area contributed by atoms with Gasteiger partial charge >= 0.3 is 0 Å². The maximum Gasteiger partial charge on any atom is 0.231 e. The minimum absolute atomic E-state index is 0.233.